The zero-order chi connectivity index (χ0) is 41.9. The van der Waals surface area contributed by atoms with Gasteiger partial charge in [-0.3, -0.25) is 18.6 Å². The SMILES string of the molecule is CC/C=C\C/C=C\C/C=C\C/C=C\C/C=C\CCCCCC(=O)OC(CO)COP(=O)(O)OCC(CO)OC(=O)CCCCCCCCCCCCCCCCC. The number of carbonyl (C=O) groups is 2. The Kier molecular flexibility index (Phi) is 40.1. The van der Waals surface area contributed by atoms with Crippen molar-refractivity contribution in [2.75, 3.05) is 26.4 Å². The summed E-state index contributed by atoms with van der Waals surface area (Å²) in [7, 11) is -4.65. The third-order valence-corrected chi connectivity index (χ3v) is 10.2. The first-order valence-corrected chi connectivity index (χ1v) is 23.7. The summed E-state index contributed by atoms with van der Waals surface area (Å²) in [5.41, 5.74) is 0. The van der Waals surface area contributed by atoms with Crippen molar-refractivity contribution in [2.24, 2.45) is 0 Å². The number of aliphatic hydroxyl groups excluding tert-OH is 2. The van der Waals surface area contributed by atoms with Gasteiger partial charge in [-0.05, 0) is 57.8 Å². The molecule has 0 aliphatic heterocycles. The van der Waals surface area contributed by atoms with Gasteiger partial charge in [0.1, 0.15) is 12.2 Å². The molecule has 0 bridgehead atoms. The fourth-order valence-electron chi connectivity index (χ4n) is 5.85. The van der Waals surface area contributed by atoms with Crippen LogP contribution in [0.15, 0.2) is 60.8 Å². The van der Waals surface area contributed by atoms with E-state index >= 15 is 0 Å². The number of rotatable bonds is 41. The first kappa shape index (κ1) is 54.7. The van der Waals surface area contributed by atoms with E-state index in [1.165, 1.54) is 70.6 Å². The number of phosphoric ester groups is 1. The molecule has 0 amide bonds. The predicted molar refractivity (Wildman–Crippen MR) is 233 cm³/mol. The second-order valence-corrected chi connectivity index (χ2v) is 16.1. The summed E-state index contributed by atoms with van der Waals surface area (Å²) in [6, 6.07) is 0. The number of phosphoric acid groups is 1. The molecule has 0 rings (SSSR count). The Morgan fingerprint density at radius 1 is 0.491 bits per heavy atom. The molecule has 0 fully saturated rings. The Morgan fingerprint density at radius 3 is 1.19 bits per heavy atom. The van der Waals surface area contributed by atoms with Crippen LogP contribution < -0.4 is 0 Å². The lowest BCUT2D eigenvalue weighted by Gasteiger charge is -2.20. The van der Waals surface area contributed by atoms with Gasteiger partial charge in [-0.25, -0.2) is 4.57 Å². The molecule has 10 nitrogen and oxygen atoms in total. The molecule has 3 unspecified atom stereocenters. The topological polar surface area (TPSA) is 149 Å². The summed E-state index contributed by atoms with van der Waals surface area (Å²) in [5, 5.41) is 19.2. The van der Waals surface area contributed by atoms with Gasteiger partial charge in [-0.15, -0.1) is 0 Å². The van der Waals surface area contributed by atoms with Crippen LogP contribution in [0.25, 0.3) is 0 Å². The van der Waals surface area contributed by atoms with Crippen molar-refractivity contribution in [3.63, 3.8) is 0 Å². The van der Waals surface area contributed by atoms with E-state index in [0.717, 1.165) is 70.6 Å². The van der Waals surface area contributed by atoms with Gasteiger partial charge in [-0.2, -0.15) is 0 Å². The van der Waals surface area contributed by atoms with Crippen molar-refractivity contribution in [2.45, 2.75) is 193 Å². The molecule has 0 aliphatic carbocycles. The third kappa shape index (κ3) is 40.2. The zero-order valence-electron chi connectivity index (χ0n) is 35.8. The predicted octanol–water partition coefficient (Wildman–Crippen LogP) is 11.9. The molecule has 0 aromatic heterocycles. The van der Waals surface area contributed by atoms with E-state index in [1.807, 2.05) is 0 Å². The monoisotopic (exact) mass is 825 g/mol. The molecule has 3 N–H and O–H groups in total. The number of allylic oxidation sites excluding steroid dienone is 10. The number of hydrogen-bond acceptors (Lipinski definition) is 9. The molecule has 11 heteroatoms. The molecule has 0 aliphatic rings. The van der Waals surface area contributed by atoms with Crippen LogP contribution in [0, 0.1) is 0 Å². The molecule has 0 aromatic rings. The van der Waals surface area contributed by atoms with Crippen molar-refractivity contribution < 1.29 is 47.8 Å². The maximum Gasteiger partial charge on any atom is 0.472 e. The second kappa shape index (κ2) is 41.8. The average molecular weight is 825 g/mol. The lowest BCUT2D eigenvalue weighted by Crippen LogP contribution is -2.28. The minimum absolute atomic E-state index is 0.151. The Bertz CT molecular complexity index is 1130. The second-order valence-electron chi connectivity index (χ2n) is 14.7. The van der Waals surface area contributed by atoms with Crippen molar-refractivity contribution in [3.05, 3.63) is 60.8 Å². The van der Waals surface area contributed by atoms with Gasteiger partial charge in [0.15, 0.2) is 0 Å². The van der Waals surface area contributed by atoms with Crippen molar-refractivity contribution >= 4 is 19.8 Å². The molecule has 0 saturated carbocycles. The van der Waals surface area contributed by atoms with E-state index in [0.29, 0.717) is 12.8 Å². The van der Waals surface area contributed by atoms with Gasteiger partial charge in [0, 0.05) is 12.8 Å². The number of aliphatic hydroxyl groups is 2. The summed E-state index contributed by atoms with van der Waals surface area (Å²) in [6.07, 6.45) is 46.2. The van der Waals surface area contributed by atoms with Crippen molar-refractivity contribution in [1.29, 1.82) is 0 Å². The number of ether oxygens (including phenoxy) is 2. The molecule has 57 heavy (non-hydrogen) atoms. The maximum absolute atomic E-state index is 12.4. The van der Waals surface area contributed by atoms with Crippen LogP contribution in [0.2, 0.25) is 0 Å². The van der Waals surface area contributed by atoms with E-state index in [2.05, 4.69) is 74.6 Å². The molecule has 3 atom stereocenters. The largest absolute Gasteiger partial charge is 0.472 e. The van der Waals surface area contributed by atoms with Crippen LogP contribution in [0.1, 0.15) is 181 Å². The fourth-order valence-corrected chi connectivity index (χ4v) is 6.63. The summed E-state index contributed by atoms with van der Waals surface area (Å²) in [6.45, 7) is 2.06. The highest BCUT2D eigenvalue weighted by atomic mass is 31.2. The molecule has 0 radical (unpaired) electrons. The lowest BCUT2D eigenvalue weighted by molar-refractivity contribution is -0.153. The van der Waals surface area contributed by atoms with Crippen LogP contribution in [-0.2, 0) is 32.7 Å². The van der Waals surface area contributed by atoms with Gasteiger partial charge in [0.25, 0.3) is 0 Å². The first-order valence-electron chi connectivity index (χ1n) is 22.2. The Balaban J connectivity index is 3.97. The highest BCUT2D eigenvalue weighted by molar-refractivity contribution is 7.47. The smallest absolute Gasteiger partial charge is 0.457 e. The number of carbonyl (C=O) groups excluding carboxylic acids is 2. The molecule has 0 spiro atoms. The summed E-state index contributed by atoms with van der Waals surface area (Å²) < 4.78 is 32.6. The van der Waals surface area contributed by atoms with Gasteiger partial charge in [0.2, 0.25) is 0 Å². The zero-order valence-corrected chi connectivity index (χ0v) is 36.7. The van der Waals surface area contributed by atoms with Crippen molar-refractivity contribution in [3.8, 4) is 0 Å². The maximum atomic E-state index is 12.4. The van der Waals surface area contributed by atoms with E-state index < -0.39 is 58.4 Å². The fraction of sp³-hybridized carbons (Fsp3) is 0.739. The minimum atomic E-state index is -4.65. The molecule has 0 aromatic carbocycles. The van der Waals surface area contributed by atoms with E-state index in [-0.39, 0.29) is 12.8 Å². The van der Waals surface area contributed by atoms with Crippen LogP contribution in [-0.4, -0.2) is 65.7 Å². The van der Waals surface area contributed by atoms with Crippen LogP contribution in [0.3, 0.4) is 0 Å². The van der Waals surface area contributed by atoms with E-state index in [9.17, 15) is 29.3 Å². The highest BCUT2D eigenvalue weighted by Crippen LogP contribution is 2.43. The number of hydrogen-bond donors (Lipinski definition) is 3. The lowest BCUT2D eigenvalue weighted by atomic mass is 10.0. The van der Waals surface area contributed by atoms with Gasteiger partial charge in [0.05, 0.1) is 26.4 Å². The standard InChI is InChI=1S/C46H81O10P/c1-3-5-7-9-11-13-15-17-19-20-21-22-24-26-28-30-32-34-36-38-46(50)56-44(40-48)42-54-57(51,52)53-41-43(39-47)55-45(49)37-35-33-31-29-27-25-23-18-16-14-12-10-8-6-4-2/h5,7,11,13,17,19,21-22,26,28,43-44,47-48H,3-4,6,8-10,12,14-16,18,20,23-25,27,29-42H2,1-2H3,(H,51,52)/b7-5-,13-11-,19-17-,22-21-,28-26-. The average Bonchev–Trinajstić information content (AvgIpc) is 3.20. The minimum Gasteiger partial charge on any atom is -0.457 e. The van der Waals surface area contributed by atoms with Crippen LogP contribution >= 0.6 is 7.82 Å². The molecule has 0 saturated heterocycles. The van der Waals surface area contributed by atoms with Gasteiger partial charge < -0.3 is 24.6 Å². The van der Waals surface area contributed by atoms with E-state index in [4.69, 9.17) is 18.5 Å². The summed E-state index contributed by atoms with van der Waals surface area (Å²) >= 11 is 0. The molecular formula is C46H81O10P. The molecule has 0 heterocycles. The quantitative estimate of drug-likeness (QED) is 0.0235. The van der Waals surface area contributed by atoms with Crippen LogP contribution in [0.5, 0.6) is 0 Å². The van der Waals surface area contributed by atoms with Gasteiger partial charge in [-0.1, -0.05) is 171 Å². The third-order valence-electron chi connectivity index (χ3n) is 9.24. The molecular weight excluding hydrogens is 743 g/mol. The van der Waals surface area contributed by atoms with Crippen LogP contribution in [0.4, 0.5) is 0 Å². The number of esters is 2. The molecule has 330 valence electrons. The summed E-state index contributed by atoms with van der Waals surface area (Å²) in [4.78, 5) is 34.5. The highest BCUT2D eigenvalue weighted by Gasteiger charge is 2.27. The number of unbranched alkanes of at least 4 members (excludes halogenated alkanes) is 17. The first-order chi connectivity index (χ1) is 27.8. The Morgan fingerprint density at radius 2 is 0.825 bits per heavy atom. The summed E-state index contributed by atoms with van der Waals surface area (Å²) in [5.74, 6) is -1.05. The normalized spacial score (nSPS) is 14.4. The van der Waals surface area contributed by atoms with E-state index in [1.54, 1.807) is 0 Å². The Hall–Kier alpha value is -2.33. The van der Waals surface area contributed by atoms with Crippen molar-refractivity contribution in [1.82, 2.24) is 0 Å². The van der Waals surface area contributed by atoms with Gasteiger partial charge >= 0.3 is 19.8 Å². The Labute approximate surface area is 346 Å².